The Morgan fingerprint density at radius 3 is 2.20 bits per heavy atom. The van der Waals surface area contributed by atoms with Gasteiger partial charge in [-0.15, -0.1) is 0 Å². The second-order valence-electron chi connectivity index (χ2n) is 5.74. The summed E-state index contributed by atoms with van der Waals surface area (Å²) >= 11 is 0. The van der Waals surface area contributed by atoms with E-state index >= 15 is 0 Å². The van der Waals surface area contributed by atoms with Gasteiger partial charge in [0.25, 0.3) is 10.2 Å². The van der Waals surface area contributed by atoms with E-state index in [0.29, 0.717) is 26.2 Å². The van der Waals surface area contributed by atoms with E-state index in [9.17, 15) is 8.42 Å². The molecule has 20 heavy (non-hydrogen) atoms. The minimum atomic E-state index is -3.36. The molecular weight excluding hydrogens is 278 g/mol. The molecule has 0 unspecified atom stereocenters. The summed E-state index contributed by atoms with van der Waals surface area (Å²) in [5.41, 5.74) is 0. The van der Waals surface area contributed by atoms with Crippen LogP contribution in [0.2, 0.25) is 0 Å². The summed E-state index contributed by atoms with van der Waals surface area (Å²) in [6.07, 6.45) is 2.33. The quantitative estimate of drug-likeness (QED) is 0.696. The number of rotatable bonds is 8. The van der Waals surface area contributed by atoms with Crippen LogP contribution < -0.4 is 0 Å². The van der Waals surface area contributed by atoms with E-state index in [-0.39, 0.29) is 12.5 Å². The summed E-state index contributed by atoms with van der Waals surface area (Å²) < 4.78 is 28.5. The van der Waals surface area contributed by atoms with Crippen LogP contribution in [0.15, 0.2) is 0 Å². The molecule has 0 saturated carbocycles. The molecular formula is C13H29N3O3S. The number of hydrogen-bond acceptors (Lipinski definition) is 4. The van der Waals surface area contributed by atoms with Crippen molar-refractivity contribution in [2.75, 3.05) is 53.4 Å². The third-order valence-electron chi connectivity index (χ3n) is 3.75. The van der Waals surface area contributed by atoms with Crippen LogP contribution >= 0.6 is 0 Å². The van der Waals surface area contributed by atoms with Gasteiger partial charge in [-0.05, 0) is 39.3 Å². The molecule has 1 heterocycles. The van der Waals surface area contributed by atoms with Crippen LogP contribution in [0, 0.1) is 5.92 Å². The first-order valence-electron chi connectivity index (χ1n) is 7.42. The van der Waals surface area contributed by atoms with E-state index in [2.05, 4.69) is 0 Å². The monoisotopic (exact) mass is 307 g/mol. The van der Waals surface area contributed by atoms with E-state index in [0.717, 1.165) is 25.8 Å². The number of piperidine rings is 1. The predicted octanol–water partition coefficient (Wildman–Crippen LogP) is 0.209. The Bertz CT molecular complexity index is 365. The molecule has 6 nitrogen and oxygen atoms in total. The molecule has 1 N–H and O–H groups in total. The summed E-state index contributed by atoms with van der Waals surface area (Å²) in [6.45, 7) is 5.03. The fraction of sp³-hybridized carbons (Fsp3) is 1.00. The molecule has 0 aromatic carbocycles. The lowest BCUT2D eigenvalue weighted by Crippen LogP contribution is -2.49. The molecule has 0 amide bonds. The van der Waals surface area contributed by atoms with Gasteiger partial charge in [0.05, 0.1) is 0 Å². The average molecular weight is 307 g/mol. The van der Waals surface area contributed by atoms with Gasteiger partial charge in [0.2, 0.25) is 0 Å². The standard InChI is InChI=1S/C13H29N3O3S/c1-4-7-15(11-10-14(2)3)20(18,19)16-8-5-13(12-17)6-9-16/h13,17H,4-12H2,1-3H3. The Morgan fingerprint density at radius 1 is 1.15 bits per heavy atom. The van der Waals surface area contributed by atoms with E-state index in [1.54, 1.807) is 8.61 Å². The second-order valence-corrected chi connectivity index (χ2v) is 7.66. The molecule has 0 atom stereocenters. The van der Waals surface area contributed by atoms with Crippen LogP contribution in [0.4, 0.5) is 0 Å². The zero-order chi connectivity index (χ0) is 15.2. The lowest BCUT2D eigenvalue weighted by Gasteiger charge is -2.34. The van der Waals surface area contributed by atoms with Gasteiger partial charge in [0.1, 0.15) is 0 Å². The Labute approximate surface area is 123 Å². The molecule has 0 spiro atoms. The first-order chi connectivity index (χ1) is 9.41. The summed E-state index contributed by atoms with van der Waals surface area (Å²) in [6, 6.07) is 0. The fourth-order valence-corrected chi connectivity index (χ4v) is 4.11. The van der Waals surface area contributed by atoms with Gasteiger partial charge in [0, 0.05) is 39.3 Å². The Morgan fingerprint density at radius 2 is 1.75 bits per heavy atom. The van der Waals surface area contributed by atoms with Crippen molar-refractivity contribution < 1.29 is 13.5 Å². The lowest BCUT2D eigenvalue weighted by atomic mass is 10.00. The first kappa shape index (κ1) is 17.8. The highest BCUT2D eigenvalue weighted by atomic mass is 32.2. The Hall–Kier alpha value is -0.210. The Balaban J connectivity index is 2.67. The van der Waals surface area contributed by atoms with Crippen molar-refractivity contribution in [3.05, 3.63) is 0 Å². The van der Waals surface area contributed by atoms with Crippen LogP contribution in [0.1, 0.15) is 26.2 Å². The lowest BCUT2D eigenvalue weighted by molar-refractivity contribution is 0.165. The van der Waals surface area contributed by atoms with Crippen molar-refractivity contribution in [1.82, 2.24) is 13.5 Å². The maximum absolute atomic E-state index is 12.7. The van der Waals surface area contributed by atoms with Crippen LogP contribution in [-0.4, -0.2) is 80.5 Å². The van der Waals surface area contributed by atoms with Crippen LogP contribution in [-0.2, 0) is 10.2 Å². The largest absolute Gasteiger partial charge is 0.396 e. The minimum Gasteiger partial charge on any atom is -0.396 e. The van der Waals surface area contributed by atoms with Gasteiger partial charge in [0.15, 0.2) is 0 Å². The number of likely N-dealkylation sites (N-methyl/N-ethyl adjacent to an activating group) is 1. The first-order valence-corrected chi connectivity index (χ1v) is 8.82. The Kier molecular flexibility index (Phi) is 7.39. The van der Waals surface area contributed by atoms with Gasteiger partial charge in [-0.1, -0.05) is 6.92 Å². The molecule has 1 saturated heterocycles. The average Bonchev–Trinajstić information content (AvgIpc) is 2.43. The maximum Gasteiger partial charge on any atom is 0.282 e. The van der Waals surface area contributed by atoms with E-state index in [4.69, 9.17) is 5.11 Å². The highest BCUT2D eigenvalue weighted by molar-refractivity contribution is 7.86. The predicted molar refractivity (Wildman–Crippen MR) is 80.7 cm³/mol. The van der Waals surface area contributed by atoms with Gasteiger partial charge in [-0.25, -0.2) is 0 Å². The summed E-state index contributed by atoms with van der Waals surface area (Å²) in [5, 5.41) is 9.13. The second kappa shape index (κ2) is 8.29. The van der Waals surface area contributed by atoms with E-state index < -0.39 is 10.2 Å². The summed E-state index contributed by atoms with van der Waals surface area (Å²) in [4.78, 5) is 2.00. The summed E-state index contributed by atoms with van der Waals surface area (Å²) in [7, 11) is 0.541. The van der Waals surface area contributed by atoms with Crippen molar-refractivity contribution in [2.24, 2.45) is 5.92 Å². The fourth-order valence-electron chi connectivity index (χ4n) is 2.39. The highest BCUT2D eigenvalue weighted by Gasteiger charge is 2.32. The van der Waals surface area contributed by atoms with Crippen LogP contribution in [0.3, 0.4) is 0 Å². The van der Waals surface area contributed by atoms with E-state index in [1.165, 1.54) is 0 Å². The number of aliphatic hydroxyl groups excluding tert-OH is 1. The van der Waals surface area contributed by atoms with E-state index in [1.807, 2.05) is 25.9 Å². The molecule has 1 aliphatic heterocycles. The molecule has 120 valence electrons. The van der Waals surface area contributed by atoms with Gasteiger partial charge < -0.3 is 10.0 Å². The van der Waals surface area contributed by atoms with Gasteiger partial charge in [-0.3, -0.25) is 0 Å². The van der Waals surface area contributed by atoms with Crippen molar-refractivity contribution in [3.8, 4) is 0 Å². The molecule has 0 radical (unpaired) electrons. The zero-order valence-electron chi connectivity index (χ0n) is 13.0. The van der Waals surface area contributed by atoms with Crippen molar-refractivity contribution in [2.45, 2.75) is 26.2 Å². The molecule has 1 aliphatic rings. The van der Waals surface area contributed by atoms with Crippen molar-refractivity contribution in [3.63, 3.8) is 0 Å². The zero-order valence-corrected chi connectivity index (χ0v) is 13.8. The van der Waals surface area contributed by atoms with Crippen LogP contribution in [0.25, 0.3) is 0 Å². The third-order valence-corrected chi connectivity index (χ3v) is 5.79. The SMILES string of the molecule is CCCN(CCN(C)C)S(=O)(=O)N1CCC(CO)CC1. The highest BCUT2D eigenvalue weighted by Crippen LogP contribution is 2.21. The smallest absolute Gasteiger partial charge is 0.282 e. The number of nitrogens with zero attached hydrogens (tertiary/aromatic N) is 3. The minimum absolute atomic E-state index is 0.160. The molecule has 0 aromatic rings. The van der Waals surface area contributed by atoms with Crippen molar-refractivity contribution in [1.29, 1.82) is 0 Å². The molecule has 0 aromatic heterocycles. The number of aliphatic hydroxyl groups is 1. The number of hydrogen-bond donors (Lipinski definition) is 1. The molecule has 0 aliphatic carbocycles. The maximum atomic E-state index is 12.7. The summed E-state index contributed by atoms with van der Waals surface area (Å²) in [5.74, 6) is 0.253. The van der Waals surface area contributed by atoms with Crippen molar-refractivity contribution >= 4 is 10.2 Å². The molecule has 7 heteroatoms. The normalized spacial score (nSPS) is 19.1. The third kappa shape index (κ3) is 4.96. The van der Waals surface area contributed by atoms with Crippen LogP contribution in [0.5, 0.6) is 0 Å². The molecule has 0 bridgehead atoms. The molecule has 1 rings (SSSR count). The topological polar surface area (TPSA) is 64.1 Å². The van der Waals surface area contributed by atoms with Gasteiger partial charge >= 0.3 is 0 Å². The van der Waals surface area contributed by atoms with Gasteiger partial charge in [-0.2, -0.15) is 17.0 Å². The molecule has 1 fully saturated rings.